The molecule has 1 aliphatic heterocycles. The molecule has 0 aromatic heterocycles. The van der Waals surface area contributed by atoms with E-state index < -0.39 is 5.60 Å². The number of carbonyl (C=O) groups is 1. The highest BCUT2D eigenvalue weighted by atomic mass is 16.6. The fourth-order valence-corrected chi connectivity index (χ4v) is 3.23. The normalized spacial score (nSPS) is 38.0. The van der Waals surface area contributed by atoms with Gasteiger partial charge < -0.3 is 14.9 Å². The maximum atomic E-state index is 11.3. The van der Waals surface area contributed by atoms with E-state index in [1.807, 2.05) is 18.2 Å². The van der Waals surface area contributed by atoms with Crippen molar-refractivity contribution in [3.63, 3.8) is 0 Å². The van der Waals surface area contributed by atoms with E-state index in [0.717, 1.165) is 43.1 Å². The van der Waals surface area contributed by atoms with Gasteiger partial charge in [-0.25, -0.2) is 0 Å². The molecule has 0 aromatic rings. The SMILES string of the molecule is C/C1=C\C=C(\[C@@](C)(O)CO)CC/C(C=O)=C\CC[C@]2(C)O[C@H]2CC1. The number of ether oxygens (including phenoxy) is 1. The number of epoxide rings is 1. The van der Waals surface area contributed by atoms with Crippen molar-refractivity contribution in [2.75, 3.05) is 6.61 Å². The van der Waals surface area contributed by atoms with Crippen LogP contribution in [0.4, 0.5) is 0 Å². The highest BCUT2D eigenvalue weighted by molar-refractivity contribution is 5.73. The first kappa shape index (κ1) is 19.1. The van der Waals surface area contributed by atoms with Gasteiger partial charge in [0.15, 0.2) is 0 Å². The van der Waals surface area contributed by atoms with E-state index in [-0.39, 0.29) is 12.2 Å². The van der Waals surface area contributed by atoms with Gasteiger partial charge in [0.2, 0.25) is 0 Å². The Balaban J connectivity index is 2.23. The third-order valence-electron chi connectivity index (χ3n) is 5.29. The topological polar surface area (TPSA) is 70.1 Å². The van der Waals surface area contributed by atoms with Crippen molar-refractivity contribution < 1.29 is 19.7 Å². The van der Waals surface area contributed by atoms with Gasteiger partial charge in [0.1, 0.15) is 11.9 Å². The number of hydrogen-bond donors (Lipinski definition) is 2. The Labute approximate surface area is 144 Å². The molecule has 0 amide bonds. The predicted molar refractivity (Wildman–Crippen MR) is 94.7 cm³/mol. The van der Waals surface area contributed by atoms with E-state index in [2.05, 4.69) is 13.8 Å². The Morgan fingerprint density at radius 2 is 2.12 bits per heavy atom. The molecule has 4 nitrogen and oxygen atoms in total. The van der Waals surface area contributed by atoms with Crippen LogP contribution in [0.25, 0.3) is 0 Å². The van der Waals surface area contributed by atoms with Gasteiger partial charge in [-0.2, -0.15) is 0 Å². The van der Waals surface area contributed by atoms with Crippen molar-refractivity contribution in [2.45, 2.75) is 76.6 Å². The first-order valence-electron chi connectivity index (χ1n) is 8.83. The zero-order chi connectivity index (χ0) is 17.8. The zero-order valence-electron chi connectivity index (χ0n) is 15.0. The molecule has 1 saturated heterocycles. The van der Waals surface area contributed by atoms with Crippen LogP contribution >= 0.6 is 0 Å². The Morgan fingerprint density at radius 3 is 2.79 bits per heavy atom. The number of aliphatic hydroxyl groups is 2. The van der Waals surface area contributed by atoms with Gasteiger partial charge in [0.05, 0.1) is 18.3 Å². The minimum Gasteiger partial charge on any atom is -0.393 e. The van der Waals surface area contributed by atoms with E-state index in [1.54, 1.807) is 6.92 Å². The predicted octanol–water partition coefficient (Wildman–Crippen LogP) is 3.24. The van der Waals surface area contributed by atoms with Crippen LogP contribution in [0, 0.1) is 0 Å². The van der Waals surface area contributed by atoms with E-state index in [0.29, 0.717) is 18.9 Å². The van der Waals surface area contributed by atoms with Gasteiger partial charge in [-0.3, -0.25) is 4.79 Å². The Hall–Kier alpha value is -1.23. The van der Waals surface area contributed by atoms with Crippen LogP contribution < -0.4 is 0 Å². The molecule has 1 fully saturated rings. The summed E-state index contributed by atoms with van der Waals surface area (Å²) in [6, 6.07) is 0. The lowest BCUT2D eigenvalue weighted by Crippen LogP contribution is -2.31. The fraction of sp³-hybridized carbons (Fsp3) is 0.650. The molecule has 2 aliphatic rings. The van der Waals surface area contributed by atoms with Crippen LogP contribution in [0.2, 0.25) is 0 Å². The number of rotatable bonds is 3. The molecular weight excluding hydrogens is 304 g/mol. The molecule has 2 N–H and O–H groups in total. The van der Waals surface area contributed by atoms with Gasteiger partial charge >= 0.3 is 0 Å². The van der Waals surface area contributed by atoms with E-state index in [4.69, 9.17) is 4.74 Å². The maximum Gasteiger partial charge on any atom is 0.145 e. The van der Waals surface area contributed by atoms with E-state index in [9.17, 15) is 15.0 Å². The minimum absolute atomic E-state index is 0.0452. The summed E-state index contributed by atoms with van der Waals surface area (Å²) in [5, 5.41) is 19.9. The second-order valence-electron chi connectivity index (χ2n) is 7.53. The Bertz CT molecular complexity index is 556. The molecule has 0 aromatic carbocycles. The van der Waals surface area contributed by atoms with Crippen molar-refractivity contribution in [1.82, 2.24) is 0 Å². The summed E-state index contributed by atoms with van der Waals surface area (Å²) in [4.78, 5) is 11.3. The molecule has 0 unspecified atom stereocenters. The summed E-state index contributed by atoms with van der Waals surface area (Å²) in [7, 11) is 0. The second kappa shape index (κ2) is 7.77. The van der Waals surface area contributed by atoms with Gasteiger partial charge in [0, 0.05) is 0 Å². The van der Waals surface area contributed by atoms with Crippen LogP contribution in [0.5, 0.6) is 0 Å². The van der Waals surface area contributed by atoms with E-state index >= 15 is 0 Å². The first-order chi connectivity index (χ1) is 11.3. The summed E-state index contributed by atoms with van der Waals surface area (Å²) in [5.41, 5.74) is 1.41. The van der Waals surface area contributed by atoms with Crippen molar-refractivity contribution in [3.8, 4) is 0 Å². The molecular formula is C20H30O4. The average molecular weight is 334 g/mol. The minimum atomic E-state index is -1.26. The van der Waals surface area contributed by atoms with Crippen molar-refractivity contribution in [1.29, 1.82) is 0 Å². The second-order valence-corrected chi connectivity index (χ2v) is 7.53. The smallest absolute Gasteiger partial charge is 0.145 e. The molecule has 0 radical (unpaired) electrons. The summed E-state index contributed by atoms with van der Waals surface area (Å²) in [6.45, 7) is 5.50. The summed E-state index contributed by atoms with van der Waals surface area (Å²) >= 11 is 0. The molecule has 0 spiro atoms. The van der Waals surface area contributed by atoms with Crippen molar-refractivity contribution in [3.05, 3.63) is 34.9 Å². The number of aldehydes is 1. The van der Waals surface area contributed by atoms with Crippen molar-refractivity contribution >= 4 is 6.29 Å². The summed E-state index contributed by atoms with van der Waals surface area (Å²) in [5.74, 6) is 0. The molecule has 2 rings (SSSR count). The standard InChI is InChI=1S/C20H30O4/c1-15-6-9-17(19(2,23)14-22)10-8-16(13-21)5-4-12-20(3)18(24-20)11-7-15/h5-6,9,13,18,22-23H,4,7-8,10-12,14H2,1-3H3/b15-6+,16-5+,17-9+/t18-,19-,20-/m0/s1. The van der Waals surface area contributed by atoms with Crippen molar-refractivity contribution in [2.24, 2.45) is 0 Å². The number of aliphatic hydroxyl groups excluding tert-OH is 1. The van der Waals surface area contributed by atoms with E-state index in [1.165, 1.54) is 5.57 Å². The molecule has 0 saturated carbocycles. The largest absolute Gasteiger partial charge is 0.393 e. The molecule has 0 bridgehead atoms. The third-order valence-corrected chi connectivity index (χ3v) is 5.29. The molecule has 4 heteroatoms. The summed E-state index contributed by atoms with van der Waals surface area (Å²) in [6.07, 6.45) is 11.9. The lowest BCUT2D eigenvalue weighted by Gasteiger charge is -2.24. The van der Waals surface area contributed by atoms with Gasteiger partial charge in [0.25, 0.3) is 0 Å². The van der Waals surface area contributed by atoms with Crippen LogP contribution in [0.1, 0.15) is 59.3 Å². The number of carbonyl (C=O) groups excluding carboxylic acids is 1. The Kier molecular flexibility index (Phi) is 6.18. The molecule has 3 atom stereocenters. The molecule has 1 aliphatic carbocycles. The Morgan fingerprint density at radius 1 is 1.38 bits per heavy atom. The van der Waals surface area contributed by atoms with Gasteiger partial charge in [-0.05, 0) is 70.4 Å². The monoisotopic (exact) mass is 334 g/mol. The number of hydrogen-bond acceptors (Lipinski definition) is 4. The lowest BCUT2D eigenvalue weighted by molar-refractivity contribution is -0.105. The van der Waals surface area contributed by atoms with Gasteiger partial charge in [-0.1, -0.05) is 23.8 Å². The van der Waals surface area contributed by atoms with Crippen LogP contribution in [0.15, 0.2) is 34.9 Å². The third kappa shape index (κ3) is 4.88. The highest BCUT2D eigenvalue weighted by Gasteiger charge is 2.50. The average Bonchev–Trinajstić information content (AvgIpc) is 3.20. The molecule has 1 heterocycles. The molecule has 24 heavy (non-hydrogen) atoms. The maximum absolute atomic E-state index is 11.3. The summed E-state index contributed by atoms with van der Waals surface area (Å²) < 4.78 is 5.86. The fourth-order valence-electron chi connectivity index (χ4n) is 3.23. The van der Waals surface area contributed by atoms with Gasteiger partial charge in [-0.15, -0.1) is 0 Å². The zero-order valence-corrected chi connectivity index (χ0v) is 15.0. The number of allylic oxidation sites excluding steroid dienone is 5. The van der Waals surface area contributed by atoms with Crippen LogP contribution in [0.3, 0.4) is 0 Å². The number of fused-ring (bicyclic) bond motifs is 1. The van der Waals surface area contributed by atoms with Crippen LogP contribution in [-0.2, 0) is 9.53 Å². The first-order valence-corrected chi connectivity index (χ1v) is 8.83. The highest BCUT2D eigenvalue weighted by Crippen LogP contribution is 2.43. The van der Waals surface area contributed by atoms with Crippen LogP contribution in [-0.4, -0.2) is 40.4 Å². The molecule has 134 valence electrons. The lowest BCUT2D eigenvalue weighted by atomic mass is 9.89. The quantitative estimate of drug-likeness (QED) is 0.614.